The number of hydrogen-bond acceptors (Lipinski definition) is 4. The Labute approximate surface area is 138 Å². The first kappa shape index (κ1) is 17.5. The van der Waals surface area contributed by atoms with Crippen LogP contribution in [0, 0.1) is 0 Å². The monoisotopic (exact) mass is 336 g/mol. The Morgan fingerprint density at radius 1 is 1.04 bits per heavy atom. The second-order valence-corrected chi connectivity index (χ2v) is 4.88. The number of amides is 1. The zero-order chi connectivity index (χ0) is 17.4. The van der Waals surface area contributed by atoms with Crippen molar-refractivity contribution < 1.29 is 23.0 Å². The van der Waals surface area contributed by atoms with E-state index in [-0.39, 0.29) is 18.2 Å². The molecule has 5 nitrogen and oxygen atoms in total. The Hall–Kier alpha value is -2.83. The molecule has 2 N–H and O–H groups in total. The number of methoxy groups -OCH3 is 1. The van der Waals surface area contributed by atoms with Crippen LogP contribution in [0.3, 0.4) is 0 Å². The van der Waals surface area contributed by atoms with Gasteiger partial charge in [0.1, 0.15) is 11.5 Å². The van der Waals surface area contributed by atoms with Gasteiger partial charge in [0.2, 0.25) is 5.91 Å². The minimum Gasteiger partial charge on any atom is -0.497 e. The van der Waals surface area contributed by atoms with Crippen LogP contribution in [0.4, 0.5) is 14.5 Å². The summed E-state index contributed by atoms with van der Waals surface area (Å²) in [4.78, 5) is 11.8. The van der Waals surface area contributed by atoms with E-state index in [2.05, 4.69) is 15.4 Å². The third-order valence-corrected chi connectivity index (χ3v) is 3.18. The van der Waals surface area contributed by atoms with Gasteiger partial charge in [0.15, 0.2) is 0 Å². The Morgan fingerprint density at radius 3 is 2.25 bits per heavy atom. The van der Waals surface area contributed by atoms with E-state index in [9.17, 15) is 13.6 Å². The van der Waals surface area contributed by atoms with E-state index < -0.39 is 6.61 Å². The van der Waals surface area contributed by atoms with Gasteiger partial charge in [-0.25, -0.2) is 0 Å². The fourth-order valence-corrected chi connectivity index (χ4v) is 1.94. The quantitative estimate of drug-likeness (QED) is 0.778. The van der Waals surface area contributed by atoms with Crippen molar-refractivity contribution in [3.8, 4) is 11.5 Å². The number of anilines is 1. The summed E-state index contributed by atoms with van der Waals surface area (Å²) < 4.78 is 33.4. The third kappa shape index (κ3) is 5.75. The van der Waals surface area contributed by atoms with E-state index in [1.807, 2.05) is 24.3 Å². The molecule has 2 aromatic rings. The molecular weight excluding hydrogens is 318 g/mol. The predicted octanol–water partition coefficient (Wildman–Crippen LogP) is 3.02. The van der Waals surface area contributed by atoms with E-state index in [1.165, 1.54) is 12.1 Å². The average Bonchev–Trinajstić information content (AvgIpc) is 2.59. The molecule has 0 aromatic heterocycles. The summed E-state index contributed by atoms with van der Waals surface area (Å²) in [6.07, 6.45) is 0. The van der Waals surface area contributed by atoms with Crippen molar-refractivity contribution in [2.75, 3.05) is 19.0 Å². The standard InChI is InChI=1S/C17H18F2N2O3/c1-23-14-6-2-12(3-7-14)10-21-16(22)11-20-13-4-8-15(9-5-13)24-17(18)19/h2-9,17,20H,10-11H2,1H3,(H,21,22). The van der Waals surface area contributed by atoms with Crippen molar-refractivity contribution in [1.29, 1.82) is 0 Å². The Balaban J connectivity index is 1.74. The number of carbonyl (C=O) groups excluding carboxylic acids is 1. The second kappa shape index (κ2) is 8.71. The van der Waals surface area contributed by atoms with Crippen molar-refractivity contribution in [2.45, 2.75) is 13.2 Å². The minimum absolute atomic E-state index is 0.0690. The van der Waals surface area contributed by atoms with Gasteiger partial charge in [-0.05, 0) is 42.0 Å². The van der Waals surface area contributed by atoms with Gasteiger partial charge < -0.3 is 20.1 Å². The number of carbonyl (C=O) groups is 1. The van der Waals surface area contributed by atoms with E-state index in [1.54, 1.807) is 19.2 Å². The molecule has 0 heterocycles. The van der Waals surface area contributed by atoms with Gasteiger partial charge in [-0.1, -0.05) is 12.1 Å². The number of hydrogen-bond donors (Lipinski definition) is 2. The molecule has 0 aliphatic rings. The fourth-order valence-electron chi connectivity index (χ4n) is 1.94. The lowest BCUT2D eigenvalue weighted by molar-refractivity contribution is -0.119. The average molecular weight is 336 g/mol. The largest absolute Gasteiger partial charge is 0.497 e. The number of alkyl halides is 2. The maximum Gasteiger partial charge on any atom is 0.387 e. The first-order chi connectivity index (χ1) is 11.6. The topological polar surface area (TPSA) is 59.6 Å². The predicted molar refractivity (Wildman–Crippen MR) is 86.4 cm³/mol. The maximum atomic E-state index is 12.0. The molecule has 24 heavy (non-hydrogen) atoms. The Bertz CT molecular complexity index is 646. The molecule has 0 bridgehead atoms. The summed E-state index contributed by atoms with van der Waals surface area (Å²) in [6.45, 7) is -2.37. The van der Waals surface area contributed by atoms with Gasteiger partial charge in [0.05, 0.1) is 13.7 Å². The van der Waals surface area contributed by atoms with Crippen LogP contribution in [0.25, 0.3) is 0 Å². The van der Waals surface area contributed by atoms with Gasteiger partial charge in [0.25, 0.3) is 0 Å². The van der Waals surface area contributed by atoms with Gasteiger partial charge in [-0.3, -0.25) is 4.79 Å². The van der Waals surface area contributed by atoms with Crippen molar-refractivity contribution in [3.05, 3.63) is 54.1 Å². The summed E-state index contributed by atoms with van der Waals surface area (Å²) in [5, 5.41) is 5.68. The highest BCUT2D eigenvalue weighted by Crippen LogP contribution is 2.17. The zero-order valence-electron chi connectivity index (χ0n) is 13.1. The zero-order valence-corrected chi connectivity index (χ0v) is 13.1. The molecule has 0 saturated carbocycles. The molecule has 0 aliphatic heterocycles. The first-order valence-corrected chi connectivity index (χ1v) is 7.25. The summed E-state index contributed by atoms with van der Waals surface area (Å²) in [6, 6.07) is 13.3. The fraction of sp³-hybridized carbons (Fsp3) is 0.235. The summed E-state index contributed by atoms with van der Waals surface area (Å²) in [7, 11) is 1.59. The van der Waals surface area contributed by atoms with Crippen LogP contribution in [0.1, 0.15) is 5.56 Å². The molecule has 0 radical (unpaired) electrons. The third-order valence-electron chi connectivity index (χ3n) is 3.18. The van der Waals surface area contributed by atoms with E-state index >= 15 is 0 Å². The highest BCUT2D eigenvalue weighted by Gasteiger charge is 2.05. The summed E-state index contributed by atoms with van der Waals surface area (Å²) in [5.74, 6) is 0.643. The van der Waals surface area contributed by atoms with Crippen LogP contribution in [0.2, 0.25) is 0 Å². The van der Waals surface area contributed by atoms with Crippen molar-refractivity contribution in [1.82, 2.24) is 5.32 Å². The van der Waals surface area contributed by atoms with Crippen LogP contribution in [0.5, 0.6) is 11.5 Å². The Morgan fingerprint density at radius 2 is 1.67 bits per heavy atom. The molecule has 0 spiro atoms. The first-order valence-electron chi connectivity index (χ1n) is 7.25. The van der Waals surface area contributed by atoms with Crippen LogP contribution in [-0.4, -0.2) is 26.2 Å². The molecule has 2 aromatic carbocycles. The van der Waals surface area contributed by atoms with Gasteiger partial charge in [-0.15, -0.1) is 0 Å². The SMILES string of the molecule is COc1ccc(CNC(=O)CNc2ccc(OC(F)F)cc2)cc1. The van der Waals surface area contributed by atoms with E-state index in [0.717, 1.165) is 11.3 Å². The van der Waals surface area contributed by atoms with Gasteiger partial charge in [0, 0.05) is 12.2 Å². The molecule has 0 unspecified atom stereocenters. The number of nitrogens with one attached hydrogen (secondary N) is 2. The molecule has 128 valence electrons. The number of benzene rings is 2. The lowest BCUT2D eigenvalue weighted by atomic mass is 10.2. The van der Waals surface area contributed by atoms with Crippen molar-refractivity contribution >= 4 is 11.6 Å². The van der Waals surface area contributed by atoms with Crippen molar-refractivity contribution in [3.63, 3.8) is 0 Å². The molecule has 0 atom stereocenters. The number of ether oxygens (including phenoxy) is 2. The van der Waals surface area contributed by atoms with E-state index in [0.29, 0.717) is 12.2 Å². The van der Waals surface area contributed by atoms with Crippen LogP contribution < -0.4 is 20.1 Å². The molecule has 0 fully saturated rings. The minimum atomic E-state index is -2.85. The van der Waals surface area contributed by atoms with Crippen LogP contribution in [-0.2, 0) is 11.3 Å². The molecule has 1 amide bonds. The molecule has 7 heteroatoms. The summed E-state index contributed by atoms with van der Waals surface area (Å²) in [5.41, 5.74) is 1.59. The Kier molecular flexibility index (Phi) is 6.36. The van der Waals surface area contributed by atoms with E-state index in [4.69, 9.17) is 4.74 Å². The molecule has 0 aliphatic carbocycles. The van der Waals surface area contributed by atoms with Crippen LogP contribution >= 0.6 is 0 Å². The molecular formula is C17H18F2N2O3. The second-order valence-electron chi connectivity index (χ2n) is 4.88. The normalized spacial score (nSPS) is 10.3. The number of rotatable bonds is 8. The van der Waals surface area contributed by atoms with Gasteiger partial charge >= 0.3 is 6.61 Å². The highest BCUT2D eigenvalue weighted by molar-refractivity contribution is 5.80. The van der Waals surface area contributed by atoms with Gasteiger partial charge in [-0.2, -0.15) is 8.78 Å². The maximum absolute atomic E-state index is 12.0. The van der Waals surface area contributed by atoms with Crippen LogP contribution in [0.15, 0.2) is 48.5 Å². The summed E-state index contributed by atoms with van der Waals surface area (Å²) >= 11 is 0. The smallest absolute Gasteiger partial charge is 0.387 e. The highest BCUT2D eigenvalue weighted by atomic mass is 19.3. The molecule has 0 saturated heterocycles. The van der Waals surface area contributed by atoms with Crippen molar-refractivity contribution in [2.24, 2.45) is 0 Å². The lowest BCUT2D eigenvalue weighted by Crippen LogP contribution is -2.29. The lowest BCUT2D eigenvalue weighted by Gasteiger charge is -2.09. The molecule has 2 rings (SSSR count). The number of halogens is 2.